The van der Waals surface area contributed by atoms with Gasteiger partial charge in [-0.2, -0.15) is 0 Å². The Bertz CT molecular complexity index is 604. The van der Waals surface area contributed by atoms with Crippen LogP contribution in [0.15, 0.2) is 18.2 Å². The van der Waals surface area contributed by atoms with E-state index in [0.29, 0.717) is 18.8 Å². The second-order valence-electron chi connectivity index (χ2n) is 5.45. The molecule has 1 unspecified atom stereocenters. The molecule has 1 aromatic heterocycles. The lowest BCUT2D eigenvalue weighted by atomic mass is 10.2. The number of anilines is 1. The summed E-state index contributed by atoms with van der Waals surface area (Å²) in [6, 6.07) is 5.90. The molecule has 0 aliphatic carbocycles. The summed E-state index contributed by atoms with van der Waals surface area (Å²) in [5.41, 5.74) is 7.47. The maximum Gasteiger partial charge on any atom is 0.224 e. The Kier molecular flexibility index (Phi) is 4.73. The van der Waals surface area contributed by atoms with E-state index in [0.717, 1.165) is 20.9 Å². The molecule has 4 nitrogen and oxygen atoms in total. The van der Waals surface area contributed by atoms with Crippen molar-refractivity contribution in [3.8, 4) is 0 Å². The molecule has 0 saturated carbocycles. The molecule has 20 heavy (non-hydrogen) atoms. The summed E-state index contributed by atoms with van der Waals surface area (Å²) in [5.74, 6) is 0.437. The molecule has 0 aliphatic heterocycles. The van der Waals surface area contributed by atoms with Crippen LogP contribution in [0.3, 0.4) is 0 Å². The number of rotatable bonds is 5. The summed E-state index contributed by atoms with van der Waals surface area (Å²) >= 11 is 1.68. The minimum Gasteiger partial charge on any atom is -0.328 e. The fourth-order valence-electron chi connectivity index (χ4n) is 1.85. The number of nitrogens with one attached hydrogen (secondary N) is 1. The Morgan fingerprint density at radius 3 is 2.80 bits per heavy atom. The van der Waals surface area contributed by atoms with Crippen molar-refractivity contribution in [2.75, 3.05) is 5.32 Å². The van der Waals surface area contributed by atoms with Crippen LogP contribution in [0.1, 0.15) is 44.5 Å². The van der Waals surface area contributed by atoms with Gasteiger partial charge in [0.2, 0.25) is 5.91 Å². The number of thiazole rings is 1. The summed E-state index contributed by atoms with van der Waals surface area (Å²) in [4.78, 5) is 16.4. The van der Waals surface area contributed by atoms with Crippen molar-refractivity contribution >= 4 is 33.1 Å². The number of hydrogen-bond donors (Lipinski definition) is 2. The van der Waals surface area contributed by atoms with Gasteiger partial charge in [0.15, 0.2) is 0 Å². The standard InChI is InChI=1S/C15H21N3OS/c1-9(2)15-18-12-6-5-11(8-13(12)20-15)17-14(19)7-4-10(3)16/h5-6,8-10H,4,7,16H2,1-3H3,(H,17,19). The third kappa shape index (κ3) is 3.77. The fourth-order valence-corrected chi connectivity index (χ4v) is 2.86. The van der Waals surface area contributed by atoms with Gasteiger partial charge in [-0.25, -0.2) is 4.98 Å². The number of amides is 1. The first-order chi connectivity index (χ1) is 9.45. The molecule has 5 heteroatoms. The van der Waals surface area contributed by atoms with Crippen molar-refractivity contribution in [3.05, 3.63) is 23.2 Å². The fraction of sp³-hybridized carbons (Fsp3) is 0.467. The molecular weight excluding hydrogens is 270 g/mol. The predicted octanol–water partition coefficient (Wildman–Crippen LogP) is 3.49. The molecule has 1 heterocycles. The van der Waals surface area contributed by atoms with Crippen LogP contribution in [-0.4, -0.2) is 16.9 Å². The molecular formula is C15H21N3OS. The average Bonchev–Trinajstić information content (AvgIpc) is 2.79. The maximum atomic E-state index is 11.8. The van der Waals surface area contributed by atoms with Crippen LogP contribution in [0.4, 0.5) is 5.69 Å². The SMILES string of the molecule is CC(N)CCC(=O)Nc1ccc2nc(C(C)C)sc2c1. The van der Waals surface area contributed by atoms with Crippen LogP contribution < -0.4 is 11.1 Å². The molecule has 108 valence electrons. The molecule has 2 aromatic rings. The smallest absolute Gasteiger partial charge is 0.224 e. The van der Waals surface area contributed by atoms with E-state index in [2.05, 4.69) is 24.1 Å². The Hall–Kier alpha value is -1.46. The number of aromatic nitrogens is 1. The van der Waals surface area contributed by atoms with Gasteiger partial charge in [-0.15, -0.1) is 11.3 Å². The number of nitrogens with zero attached hydrogens (tertiary/aromatic N) is 1. The molecule has 1 amide bonds. The van der Waals surface area contributed by atoms with Crippen LogP contribution >= 0.6 is 11.3 Å². The lowest BCUT2D eigenvalue weighted by Gasteiger charge is -2.06. The summed E-state index contributed by atoms with van der Waals surface area (Å²) in [6.45, 7) is 6.17. The van der Waals surface area contributed by atoms with Crippen LogP contribution in [-0.2, 0) is 4.79 Å². The first kappa shape index (κ1) is 14.9. The Labute approximate surface area is 123 Å². The van der Waals surface area contributed by atoms with E-state index in [4.69, 9.17) is 5.73 Å². The van der Waals surface area contributed by atoms with E-state index in [1.54, 1.807) is 11.3 Å². The summed E-state index contributed by atoms with van der Waals surface area (Å²) < 4.78 is 1.11. The summed E-state index contributed by atoms with van der Waals surface area (Å²) in [5, 5.41) is 4.04. The number of carbonyl (C=O) groups is 1. The molecule has 3 N–H and O–H groups in total. The highest BCUT2D eigenvalue weighted by molar-refractivity contribution is 7.18. The van der Waals surface area contributed by atoms with Gasteiger partial charge in [0.25, 0.3) is 0 Å². The molecule has 0 aliphatic rings. The highest BCUT2D eigenvalue weighted by atomic mass is 32.1. The first-order valence-corrected chi connectivity index (χ1v) is 7.73. The molecule has 0 saturated heterocycles. The van der Waals surface area contributed by atoms with Crippen LogP contribution in [0.2, 0.25) is 0 Å². The van der Waals surface area contributed by atoms with E-state index >= 15 is 0 Å². The maximum absolute atomic E-state index is 11.8. The zero-order chi connectivity index (χ0) is 14.7. The second kappa shape index (κ2) is 6.33. The van der Waals surface area contributed by atoms with Crippen molar-refractivity contribution < 1.29 is 4.79 Å². The Morgan fingerprint density at radius 2 is 2.15 bits per heavy atom. The summed E-state index contributed by atoms with van der Waals surface area (Å²) in [7, 11) is 0. The molecule has 0 radical (unpaired) electrons. The number of benzene rings is 1. The van der Waals surface area contributed by atoms with E-state index in [1.807, 2.05) is 25.1 Å². The van der Waals surface area contributed by atoms with Crippen LogP contribution in [0.25, 0.3) is 10.2 Å². The zero-order valence-corrected chi connectivity index (χ0v) is 13.0. The molecule has 0 spiro atoms. The Morgan fingerprint density at radius 1 is 1.40 bits per heavy atom. The second-order valence-corrected chi connectivity index (χ2v) is 6.52. The molecule has 1 aromatic carbocycles. The topological polar surface area (TPSA) is 68.0 Å². The average molecular weight is 291 g/mol. The van der Waals surface area contributed by atoms with Crippen molar-refractivity contribution in [1.82, 2.24) is 4.98 Å². The van der Waals surface area contributed by atoms with Gasteiger partial charge in [0.1, 0.15) is 0 Å². The van der Waals surface area contributed by atoms with Gasteiger partial charge in [-0.05, 0) is 31.5 Å². The third-order valence-corrected chi connectivity index (χ3v) is 4.33. The van der Waals surface area contributed by atoms with Gasteiger partial charge >= 0.3 is 0 Å². The third-order valence-electron chi connectivity index (χ3n) is 3.01. The lowest BCUT2D eigenvalue weighted by Crippen LogP contribution is -2.19. The largest absolute Gasteiger partial charge is 0.328 e. The van der Waals surface area contributed by atoms with Gasteiger partial charge in [0.05, 0.1) is 15.2 Å². The van der Waals surface area contributed by atoms with Crippen molar-refractivity contribution in [2.24, 2.45) is 5.73 Å². The quantitative estimate of drug-likeness (QED) is 0.886. The zero-order valence-electron chi connectivity index (χ0n) is 12.1. The van der Waals surface area contributed by atoms with E-state index < -0.39 is 0 Å². The van der Waals surface area contributed by atoms with Crippen LogP contribution in [0, 0.1) is 0 Å². The number of hydrogen-bond acceptors (Lipinski definition) is 4. The van der Waals surface area contributed by atoms with Crippen molar-refractivity contribution in [2.45, 2.75) is 45.6 Å². The molecule has 1 atom stereocenters. The predicted molar refractivity (Wildman–Crippen MR) is 85.2 cm³/mol. The molecule has 0 bridgehead atoms. The van der Waals surface area contributed by atoms with E-state index in [-0.39, 0.29) is 11.9 Å². The van der Waals surface area contributed by atoms with E-state index in [9.17, 15) is 4.79 Å². The number of carbonyl (C=O) groups excluding carboxylic acids is 1. The van der Waals surface area contributed by atoms with Gasteiger partial charge in [-0.1, -0.05) is 13.8 Å². The minimum absolute atomic E-state index is 0.00949. The minimum atomic E-state index is 0.00949. The summed E-state index contributed by atoms with van der Waals surface area (Å²) in [6.07, 6.45) is 1.15. The molecule has 0 fully saturated rings. The number of nitrogens with two attached hydrogens (primary N) is 1. The highest BCUT2D eigenvalue weighted by Gasteiger charge is 2.09. The van der Waals surface area contributed by atoms with Gasteiger partial charge in [-0.3, -0.25) is 4.79 Å². The van der Waals surface area contributed by atoms with E-state index in [1.165, 1.54) is 0 Å². The van der Waals surface area contributed by atoms with Crippen molar-refractivity contribution in [3.63, 3.8) is 0 Å². The normalized spacial score (nSPS) is 12.8. The van der Waals surface area contributed by atoms with Gasteiger partial charge in [0, 0.05) is 24.1 Å². The Balaban J connectivity index is 2.09. The number of fused-ring (bicyclic) bond motifs is 1. The lowest BCUT2D eigenvalue weighted by molar-refractivity contribution is -0.116. The molecule has 2 rings (SSSR count). The first-order valence-electron chi connectivity index (χ1n) is 6.91. The van der Waals surface area contributed by atoms with Gasteiger partial charge < -0.3 is 11.1 Å². The van der Waals surface area contributed by atoms with Crippen LogP contribution in [0.5, 0.6) is 0 Å². The monoisotopic (exact) mass is 291 g/mol. The van der Waals surface area contributed by atoms with Crippen molar-refractivity contribution in [1.29, 1.82) is 0 Å². The highest BCUT2D eigenvalue weighted by Crippen LogP contribution is 2.29.